The molecule has 10 heteroatoms. The number of nitro benzene ring substituents is 1. The van der Waals surface area contributed by atoms with Gasteiger partial charge in [0.25, 0.3) is 17.5 Å². The van der Waals surface area contributed by atoms with Crippen molar-refractivity contribution < 1.29 is 24.0 Å². The summed E-state index contributed by atoms with van der Waals surface area (Å²) in [5.41, 5.74) is 0.962. The number of benzene rings is 3. The molecule has 3 aromatic carbocycles. The van der Waals surface area contributed by atoms with E-state index in [1.54, 1.807) is 55.5 Å². The van der Waals surface area contributed by atoms with Gasteiger partial charge in [-0.15, -0.1) is 0 Å². The molecule has 1 unspecified atom stereocenters. The predicted octanol–water partition coefficient (Wildman–Crippen LogP) is 4.67. The number of para-hydroxylation sites is 1. The SMILES string of the molecule is CC(Oc1ccccc1Cl)C(=O)Nc1ccc(NC(=O)COc2ccc([N+](=O)[O-])cc2)cc1. The smallest absolute Gasteiger partial charge is 0.269 e. The van der Waals surface area contributed by atoms with Crippen LogP contribution in [0.3, 0.4) is 0 Å². The normalized spacial score (nSPS) is 11.2. The average molecular weight is 470 g/mol. The number of halogens is 1. The lowest BCUT2D eigenvalue weighted by Gasteiger charge is -2.15. The molecule has 33 heavy (non-hydrogen) atoms. The van der Waals surface area contributed by atoms with Crippen LogP contribution in [0.2, 0.25) is 5.02 Å². The van der Waals surface area contributed by atoms with Gasteiger partial charge in [0.15, 0.2) is 12.7 Å². The van der Waals surface area contributed by atoms with Crippen molar-refractivity contribution in [2.45, 2.75) is 13.0 Å². The fourth-order valence-electron chi connectivity index (χ4n) is 2.68. The minimum atomic E-state index is -0.777. The molecule has 2 N–H and O–H groups in total. The van der Waals surface area contributed by atoms with E-state index in [4.69, 9.17) is 21.1 Å². The fraction of sp³-hybridized carbons (Fsp3) is 0.130. The highest BCUT2D eigenvalue weighted by Gasteiger charge is 2.16. The van der Waals surface area contributed by atoms with Crippen LogP contribution in [0, 0.1) is 10.1 Å². The van der Waals surface area contributed by atoms with Crippen LogP contribution in [0.5, 0.6) is 11.5 Å². The van der Waals surface area contributed by atoms with Gasteiger partial charge in [-0.1, -0.05) is 23.7 Å². The number of hydrogen-bond donors (Lipinski definition) is 2. The van der Waals surface area contributed by atoms with Crippen molar-refractivity contribution >= 4 is 40.5 Å². The van der Waals surface area contributed by atoms with Crippen LogP contribution in [0.4, 0.5) is 17.1 Å². The van der Waals surface area contributed by atoms with E-state index in [-0.39, 0.29) is 18.2 Å². The van der Waals surface area contributed by atoms with Gasteiger partial charge in [0.2, 0.25) is 0 Å². The lowest BCUT2D eigenvalue weighted by molar-refractivity contribution is -0.384. The Morgan fingerprint density at radius 2 is 1.58 bits per heavy atom. The van der Waals surface area contributed by atoms with Crippen LogP contribution in [0.1, 0.15) is 6.92 Å². The molecule has 3 rings (SSSR count). The zero-order valence-electron chi connectivity index (χ0n) is 17.5. The topological polar surface area (TPSA) is 120 Å². The molecule has 0 fully saturated rings. The molecule has 0 bridgehead atoms. The van der Waals surface area contributed by atoms with Crippen molar-refractivity contribution in [3.8, 4) is 11.5 Å². The third-order valence-corrected chi connectivity index (χ3v) is 4.68. The van der Waals surface area contributed by atoms with Crippen LogP contribution < -0.4 is 20.1 Å². The number of rotatable bonds is 9. The Labute approximate surface area is 194 Å². The summed E-state index contributed by atoms with van der Waals surface area (Å²) in [4.78, 5) is 34.6. The summed E-state index contributed by atoms with van der Waals surface area (Å²) >= 11 is 6.04. The Bertz CT molecular complexity index is 1140. The van der Waals surface area contributed by atoms with E-state index >= 15 is 0 Å². The van der Waals surface area contributed by atoms with Crippen molar-refractivity contribution in [3.63, 3.8) is 0 Å². The van der Waals surface area contributed by atoms with Crippen LogP contribution in [-0.2, 0) is 9.59 Å². The van der Waals surface area contributed by atoms with Crippen LogP contribution in [0.25, 0.3) is 0 Å². The highest BCUT2D eigenvalue weighted by atomic mass is 35.5. The van der Waals surface area contributed by atoms with E-state index < -0.39 is 16.9 Å². The number of amides is 2. The molecule has 0 spiro atoms. The third kappa shape index (κ3) is 6.94. The lowest BCUT2D eigenvalue weighted by Crippen LogP contribution is -2.30. The third-order valence-electron chi connectivity index (χ3n) is 4.36. The van der Waals surface area contributed by atoms with Gasteiger partial charge in [0.1, 0.15) is 11.5 Å². The number of nitrogens with one attached hydrogen (secondary N) is 2. The number of carbonyl (C=O) groups excluding carboxylic acids is 2. The number of hydrogen-bond acceptors (Lipinski definition) is 6. The summed E-state index contributed by atoms with van der Waals surface area (Å²) in [5.74, 6) is -0.0205. The van der Waals surface area contributed by atoms with E-state index in [9.17, 15) is 19.7 Å². The first-order chi connectivity index (χ1) is 15.8. The van der Waals surface area contributed by atoms with E-state index in [1.807, 2.05) is 0 Å². The second kappa shape index (κ2) is 11.0. The maximum absolute atomic E-state index is 12.4. The molecule has 0 saturated carbocycles. The van der Waals surface area contributed by atoms with Gasteiger partial charge >= 0.3 is 0 Å². The lowest BCUT2D eigenvalue weighted by atomic mass is 10.2. The standard InChI is InChI=1S/C23H20ClN3O6/c1-15(33-21-5-3-2-4-20(21)24)23(29)26-17-8-6-16(7-9-17)25-22(28)14-32-19-12-10-18(11-13-19)27(30)31/h2-13,15H,14H2,1H3,(H,25,28)(H,26,29). The number of carbonyl (C=O) groups is 2. The number of nitro groups is 1. The molecule has 3 aromatic rings. The molecule has 0 aliphatic rings. The van der Waals surface area contributed by atoms with E-state index in [2.05, 4.69) is 10.6 Å². The van der Waals surface area contributed by atoms with Gasteiger partial charge in [0, 0.05) is 23.5 Å². The first kappa shape index (κ1) is 23.6. The maximum atomic E-state index is 12.4. The zero-order chi connectivity index (χ0) is 23.8. The summed E-state index contributed by atoms with van der Waals surface area (Å²) in [7, 11) is 0. The summed E-state index contributed by atoms with van der Waals surface area (Å²) in [6.45, 7) is 1.34. The Morgan fingerprint density at radius 1 is 0.970 bits per heavy atom. The van der Waals surface area contributed by atoms with Crippen LogP contribution in [-0.4, -0.2) is 29.4 Å². The van der Waals surface area contributed by atoms with Gasteiger partial charge in [-0.05, 0) is 55.5 Å². The molecule has 0 radical (unpaired) electrons. The number of ether oxygens (including phenoxy) is 2. The summed E-state index contributed by atoms with van der Waals surface area (Å²) < 4.78 is 10.9. The minimum absolute atomic E-state index is 0.0659. The van der Waals surface area contributed by atoms with Crippen LogP contribution >= 0.6 is 11.6 Å². The van der Waals surface area contributed by atoms with Gasteiger partial charge < -0.3 is 20.1 Å². The van der Waals surface area contributed by atoms with Gasteiger partial charge in [-0.3, -0.25) is 19.7 Å². The molecular formula is C23H20ClN3O6. The second-order valence-electron chi connectivity index (χ2n) is 6.84. The second-order valence-corrected chi connectivity index (χ2v) is 7.25. The maximum Gasteiger partial charge on any atom is 0.269 e. The summed E-state index contributed by atoms with van der Waals surface area (Å²) in [6.07, 6.45) is -0.777. The van der Waals surface area contributed by atoms with Crippen molar-refractivity contribution in [3.05, 3.63) is 87.9 Å². The molecule has 9 nitrogen and oxygen atoms in total. The molecule has 2 amide bonds. The summed E-state index contributed by atoms with van der Waals surface area (Å²) in [6, 6.07) is 18.8. The van der Waals surface area contributed by atoms with Crippen molar-refractivity contribution in [1.29, 1.82) is 0 Å². The molecule has 0 aromatic heterocycles. The van der Waals surface area contributed by atoms with Gasteiger partial charge in [-0.2, -0.15) is 0 Å². The quantitative estimate of drug-likeness (QED) is 0.347. The zero-order valence-corrected chi connectivity index (χ0v) is 18.2. The first-order valence-corrected chi connectivity index (χ1v) is 10.2. The predicted molar refractivity (Wildman–Crippen MR) is 124 cm³/mol. The minimum Gasteiger partial charge on any atom is -0.484 e. The molecule has 0 aliphatic carbocycles. The Morgan fingerprint density at radius 3 is 2.18 bits per heavy atom. The summed E-state index contributed by atoms with van der Waals surface area (Å²) in [5, 5.41) is 16.5. The fourth-order valence-corrected chi connectivity index (χ4v) is 2.86. The Hall–Kier alpha value is -4.11. The molecule has 170 valence electrons. The van der Waals surface area contributed by atoms with E-state index in [0.29, 0.717) is 27.9 Å². The van der Waals surface area contributed by atoms with E-state index in [0.717, 1.165) is 0 Å². The molecule has 0 aliphatic heterocycles. The van der Waals surface area contributed by atoms with Crippen molar-refractivity contribution in [1.82, 2.24) is 0 Å². The average Bonchev–Trinajstić information content (AvgIpc) is 2.80. The molecule has 0 saturated heterocycles. The Kier molecular flexibility index (Phi) is 7.82. The van der Waals surface area contributed by atoms with Crippen molar-refractivity contribution in [2.24, 2.45) is 0 Å². The Balaban J connectivity index is 1.47. The van der Waals surface area contributed by atoms with Crippen LogP contribution in [0.15, 0.2) is 72.8 Å². The molecule has 0 heterocycles. The van der Waals surface area contributed by atoms with Gasteiger partial charge in [0.05, 0.1) is 9.95 Å². The first-order valence-electron chi connectivity index (χ1n) is 9.81. The number of anilines is 2. The van der Waals surface area contributed by atoms with E-state index in [1.165, 1.54) is 24.3 Å². The highest BCUT2D eigenvalue weighted by Crippen LogP contribution is 2.24. The molecule has 1 atom stereocenters. The molecular weight excluding hydrogens is 450 g/mol. The number of nitrogens with zero attached hydrogens (tertiary/aromatic N) is 1. The highest BCUT2D eigenvalue weighted by molar-refractivity contribution is 6.32. The monoisotopic (exact) mass is 469 g/mol. The van der Waals surface area contributed by atoms with Crippen molar-refractivity contribution in [2.75, 3.05) is 17.2 Å². The number of non-ortho nitro benzene ring substituents is 1. The largest absolute Gasteiger partial charge is 0.484 e. The van der Waals surface area contributed by atoms with Gasteiger partial charge in [-0.25, -0.2) is 0 Å².